The molecule has 3 nitrogen and oxygen atoms in total. The predicted molar refractivity (Wildman–Crippen MR) is 164 cm³/mol. The summed E-state index contributed by atoms with van der Waals surface area (Å²) in [6.45, 7) is 8.99. The van der Waals surface area contributed by atoms with Crippen molar-refractivity contribution in [3.8, 4) is 28.5 Å². The van der Waals surface area contributed by atoms with Crippen LogP contribution in [0.5, 0.6) is 0 Å². The molecule has 40 heavy (non-hydrogen) atoms. The second kappa shape index (κ2) is 10.3. The fraction of sp³-hybridized carbons (Fsp3) is 0.351. The number of rotatable bonds is 4. The normalized spacial score (nSPS) is 14.6. The number of hydrogen-bond donors (Lipinski definition) is 0. The molecule has 0 atom stereocenters. The summed E-state index contributed by atoms with van der Waals surface area (Å²) in [5, 5.41) is 12.2. The van der Waals surface area contributed by atoms with Gasteiger partial charge in [0.2, 0.25) is 5.69 Å². The van der Waals surface area contributed by atoms with E-state index < -0.39 is 0 Å². The van der Waals surface area contributed by atoms with E-state index in [1.807, 2.05) is 6.07 Å². The number of fused-ring (bicyclic) bond motifs is 3. The number of nitriles is 1. The molecule has 1 saturated carbocycles. The van der Waals surface area contributed by atoms with Crippen LogP contribution >= 0.6 is 0 Å². The summed E-state index contributed by atoms with van der Waals surface area (Å²) < 4.78 is 9.01. The Bertz CT molecular complexity index is 1750. The quantitative estimate of drug-likeness (QED) is 0.218. The van der Waals surface area contributed by atoms with Crippen LogP contribution in [-0.2, 0) is 13.5 Å². The minimum absolute atomic E-state index is 0.201. The first kappa shape index (κ1) is 26.3. The van der Waals surface area contributed by atoms with Gasteiger partial charge in [-0.2, -0.15) is 5.26 Å². The Labute approximate surface area is 238 Å². The maximum atomic E-state index is 10.1. The Balaban J connectivity index is 1.54. The van der Waals surface area contributed by atoms with Gasteiger partial charge in [0.05, 0.1) is 17.2 Å². The van der Waals surface area contributed by atoms with Gasteiger partial charge in [0.1, 0.15) is 18.2 Å². The molecule has 0 bridgehead atoms. The Hall–Kier alpha value is -3.90. The molecule has 2 heterocycles. The van der Waals surface area contributed by atoms with Gasteiger partial charge in [0.15, 0.2) is 6.20 Å². The summed E-state index contributed by atoms with van der Waals surface area (Å²) in [6, 6.07) is 24.2. The average Bonchev–Trinajstić information content (AvgIpc) is 3.32. The smallest absolute Gasteiger partial charge is 0.216 e. The van der Waals surface area contributed by atoms with Crippen molar-refractivity contribution in [1.29, 1.82) is 5.26 Å². The zero-order valence-electron chi connectivity index (χ0n) is 24.5. The average molecular weight is 528 g/mol. The Morgan fingerprint density at radius 3 is 2.23 bits per heavy atom. The second-order valence-electron chi connectivity index (χ2n) is 12.9. The lowest BCUT2D eigenvalue weighted by molar-refractivity contribution is -0.660. The fourth-order valence-electron chi connectivity index (χ4n) is 6.64. The lowest BCUT2D eigenvalue weighted by Crippen LogP contribution is -2.31. The molecule has 5 aromatic rings. The molecular formula is C37H39N2O+. The Morgan fingerprint density at radius 2 is 1.55 bits per heavy atom. The van der Waals surface area contributed by atoms with Crippen LogP contribution in [0, 0.1) is 23.7 Å². The van der Waals surface area contributed by atoms with Gasteiger partial charge >= 0.3 is 0 Å². The van der Waals surface area contributed by atoms with Crippen molar-refractivity contribution in [2.45, 2.75) is 72.1 Å². The minimum atomic E-state index is 0.201. The monoisotopic (exact) mass is 527 g/mol. The lowest BCUT2D eigenvalue weighted by Gasteiger charge is -2.22. The van der Waals surface area contributed by atoms with E-state index in [4.69, 9.17) is 4.42 Å². The molecule has 0 saturated heterocycles. The highest BCUT2D eigenvalue weighted by Gasteiger charge is 2.24. The number of nitrogens with zero attached hydrogens (tertiary/aromatic N) is 2. The van der Waals surface area contributed by atoms with Gasteiger partial charge in [0.25, 0.3) is 0 Å². The van der Waals surface area contributed by atoms with Gasteiger partial charge in [-0.05, 0) is 71.9 Å². The third kappa shape index (κ3) is 4.81. The van der Waals surface area contributed by atoms with Crippen LogP contribution < -0.4 is 4.57 Å². The van der Waals surface area contributed by atoms with Gasteiger partial charge in [0, 0.05) is 28.5 Å². The fourth-order valence-corrected chi connectivity index (χ4v) is 6.64. The third-order valence-corrected chi connectivity index (χ3v) is 8.62. The predicted octanol–water partition coefficient (Wildman–Crippen LogP) is 9.56. The topological polar surface area (TPSA) is 40.8 Å². The first-order chi connectivity index (χ1) is 19.2. The number of aryl methyl sites for hydroxylation is 2. The summed E-state index contributed by atoms with van der Waals surface area (Å²) in [5.74, 6) is 0.653. The summed E-state index contributed by atoms with van der Waals surface area (Å²) in [4.78, 5) is 0. The van der Waals surface area contributed by atoms with Crippen LogP contribution in [0.15, 0.2) is 71.3 Å². The van der Waals surface area contributed by atoms with Crippen molar-refractivity contribution in [3.63, 3.8) is 0 Å². The molecule has 6 rings (SSSR count). The number of pyridine rings is 1. The molecule has 3 aromatic carbocycles. The highest BCUT2D eigenvalue weighted by molar-refractivity contribution is 6.14. The SMILES string of the molecule is Cc1ccc2c(oc3c(-c4ccc(C5CCCCC5)cc4)c(C#N)ccc32)c1-c1cc(CC(C)(C)C)cc[n+]1C. The van der Waals surface area contributed by atoms with Crippen LogP contribution in [-0.4, -0.2) is 0 Å². The largest absolute Gasteiger partial charge is 0.454 e. The van der Waals surface area contributed by atoms with E-state index in [1.54, 1.807) is 0 Å². The first-order valence-corrected chi connectivity index (χ1v) is 14.7. The second-order valence-corrected chi connectivity index (χ2v) is 12.9. The molecule has 1 fully saturated rings. The van der Waals surface area contributed by atoms with E-state index in [1.165, 1.54) is 48.8 Å². The number of furan rings is 1. The zero-order valence-corrected chi connectivity index (χ0v) is 24.5. The number of hydrogen-bond acceptors (Lipinski definition) is 2. The van der Waals surface area contributed by atoms with E-state index in [0.717, 1.165) is 50.7 Å². The van der Waals surface area contributed by atoms with Crippen molar-refractivity contribution in [2.75, 3.05) is 0 Å². The maximum Gasteiger partial charge on any atom is 0.216 e. The van der Waals surface area contributed by atoms with E-state index in [2.05, 4.69) is 106 Å². The van der Waals surface area contributed by atoms with Gasteiger partial charge < -0.3 is 4.42 Å². The highest BCUT2D eigenvalue weighted by atomic mass is 16.3. The molecule has 0 amide bonds. The van der Waals surface area contributed by atoms with Crippen molar-refractivity contribution in [2.24, 2.45) is 12.5 Å². The van der Waals surface area contributed by atoms with Crippen LogP contribution in [0.3, 0.4) is 0 Å². The maximum absolute atomic E-state index is 10.1. The zero-order chi connectivity index (χ0) is 28.0. The molecule has 0 spiro atoms. The van der Waals surface area contributed by atoms with Crippen LogP contribution in [0.25, 0.3) is 44.3 Å². The van der Waals surface area contributed by atoms with Crippen molar-refractivity contribution in [3.05, 3.63) is 89.1 Å². The van der Waals surface area contributed by atoms with Gasteiger partial charge in [-0.1, -0.05) is 76.4 Å². The standard InChI is InChI=1S/C37H39N2O/c1-24-11-17-30-31-18-16-29(23-38)34(28-14-12-27(13-15-28)26-9-7-6-8-10-26)36(31)40-35(30)33(24)32-21-25(19-20-39(32)5)22-37(2,3)4/h11-21,26H,6-10,22H2,1-5H3/q+1. The summed E-state index contributed by atoms with van der Waals surface area (Å²) in [7, 11) is 2.10. The van der Waals surface area contributed by atoms with Gasteiger partial charge in [-0.15, -0.1) is 0 Å². The van der Waals surface area contributed by atoms with E-state index in [9.17, 15) is 5.26 Å². The summed E-state index contributed by atoms with van der Waals surface area (Å²) >= 11 is 0. The van der Waals surface area contributed by atoms with Crippen LogP contribution in [0.2, 0.25) is 0 Å². The number of benzene rings is 3. The number of aromatic nitrogens is 1. The van der Waals surface area contributed by atoms with Crippen LogP contribution in [0.1, 0.15) is 81.0 Å². The minimum Gasteiger partial charge on any atom is -0.454 e. The van der Waals surface area contributed by atoms with Crippen LogP contribution in [0.4, 0.5) is 0 Å². The molecular weight excluding hydrogens is 488 g/mol. The van der Waals surface area contributed by atoms with E-state index in [0.29, 0.717) is 11.5 Å². The van der Waals surface area contributed by atoms with Crippen molar-refractivity contribution >= 4 is 21.9 Å². The first-order valence-electron chi connectivity index (χ1n) is 14.7. The Kier molecular flexibility index (Phi) is 6.75. The molecule has 2 aromatic heterocycles. The molecule has 1 aliphatic carbocycles. The molecule has 202 valence electrons. The molecule has 1 aliphatic rings. The van der Waals surface area contributed by atoms with Crippen molar-refractivity contribution < 1.29 is 8.98 Å². The van der Waals surface area contributed by atoms with E-state index in [-0.39, 0.29) is 5.41 Å². The molecule has 0 unspecified atom stereocenters. The molecule has 0 aliphatic heterocycles. The van der Waals surface area contributed by atoms with E-state index >= 15 is 0 Å². The summed E-state index contributed by atoms with van der Waals surface area (Å²) in [6.07, 6.45) is 9.71. The molecule has 0 radical (unpaired) electrons. The molecule has 0 N–H and O–H groups in total. The third-order valence-electron chi connectivity index (χ3n) is 8.62. The van der Waals surface area contributed by atoms with Gasteiger partial charge in [-0.25, -0.2) is 4.57 Å². The van der Waals surface area contributed by atoms with Gasteiger partial charge in [-0.3, -0.25) is 0 Å². The lowest BCUT2D eigenvalue weighted by atomic mass is 9.83. The molecule has 3 heteroatoms. The Morgan fingerprint density at radius 1 is 0.875 bits per heavy atom. The highest BCUT2D eigenvalue weighted by Crippen LogP contribution is 2.42. The van der Waals surface area contributed by atoms with Crippen molar-refractivity contribution in [1.82, 2.24) is 0 Å². The summed E-state index contributed by atoms with van der Waals surface area (Å²) in [5.41, 5.74) is 10.6.